The third-order valence-electron chi connectivity index (χ3n) is 5.18. The number of nitrogens with zero attached hydrogens (tertiary/aromatic N) is 4. The molecule has 2 atom stereocenters. The number of halogens is 3. The number of aliphatic hydroxyl groups excluding tert-OH is 1. The van der Waals surface area contributed by atoms with Gasteiger partial charge in [-0.2, -0.15) is 18.3 Å². The van der Waals surface area contributed by atoms with Gasteiger partial charge in [0.15, 0.2) is 6.61 Å². The van der Waals surface area contributed by atoms with Gasteiger partial charge in [0.25, 0.3) is 5.91 Å². The predicted octanol–water partition coefficient (Wildman–Crippen LogP) is 2.06. The minimum Gasteiger partial charge on any atom is -0.484 e. The van der Waals surface area contributed by atoms with Gasteiger partial charge in [0.2, 0.25) is 0 Å². The number of rotatable bonds is 5. The van der Waals surface area contributed by atoms with Crippen molar-refractivity contribution in [2.45, 2.75) is 31.7 Å². The number of benzene rings is 1. The quantitative estimate of drug-likeness (QED) is 0.803. The molecule has 29 heavy (non-hydrogen) atoms. The van der Waals surface area contributed by atoms with Crippen molar-refractivity contribution in [3.05, 3.63) is 29.8 Å². The highest BCUT2D eigenvalue weighted by Gasteiger charge is 2.46. The zero-order chi connectivity index (χ0) is 21.0. The summed E-state index contributed by atoms with van der Waals surface area (Å²) in [6, 6.07) is 6.47. The summed E-state index contributed by atoms with van der Waals surface area (Å²) in [6.07, 6.45) is -2.91. The van der Waals surface area contributed by atoms with Gasteiger partial charge < -0.3 is 19.6 Å². The van der Waals surface area contributed by atoms with Crippen LogP contribution in [-0.4, -0.2) is 71.8 Å². The number of amides is 1. The number of alkyl halides is 3. The van der Waals surface area contributed by atoms with Crippen LogP contribution in [0.4, 0.5) is 13.2 Å². The highest BCUT2D eigenvalue weighted by Crippen LogP contribution is 2.33. The number of likely N-dealkylation sites (tertiary alicyclic amines) is 1. The van der Waals surface area contributed by atoms with Crippen LogP contribution in [0.15, 0.2) is 34.5 Å². The lowest BCUT2D eigenvalue weighted by Gasteiger charge is -2.33. The van der Waals surface area contributed by atoms with Crippen molar-refractivity contribution < 1.29 is 27.8 Å². The Balaban J connectivity index is 1.55. The van der Waals surface area contributed by atoms with E-state index in [1.807, 2.05) is 0 Å². The maximum atomic E-state index is 13.3. The van der Waals surface area contributed by atoms with Gasteiger partial charge >= 0.3 is 6.18 Å². The molecule has 0 aromatic heterocycles. The van der Waals surface area contributed by atoms with Crippen molar-refractivity contribution in [1.82, 2.24) is 9.80 Å². The van der Waals surface area contributed by atoms with E-state index in [4.69, 9.17) is 9.84 Å². The largest absolute Gasteiger partial charge is 0.484 e. The van der Waals surface area contributed by atoms with Gasteiger partial charge in [0.05, 0.1) is 6.61 Å². The van der Waals surface area contributed by atoms with Gasteiger partial charge in [-0.15, -0.1) is 5.10 Å². The summed E-state index contributed by atoms with van der Waals surface area (Å²) in [5.41, 5.74) is 0.737. The third kappa shape index (κ3) is 5.06. The van der Waals surface area contributed by atoms with E-state index in [1.165, 1.54) is 11.1 Å². The fourth-order valence-electron chi connectivity index (χ4n) is 3.42. The molecule has 0 bridgehead atoms. The molecule has 0 radical (unpaired) electrons. The minimum absolute atomic E-state index is 0.0757. The smallest absolute Gasteiger partial charge is 0.399 e. The van der Waals surface area contributed by atoms with E-state index in [1.54, 1.807) is 36.2 Å². The Morgan fingerprint density at radius 3 is 2.72 bits per heavy atom. The fraction of sp³-hybridized carbons (Fsp3) is 0.526. The number of likely N-dealkylation sites (N-methyl/N-ethyl adjacent to an activating group) is 1. The Hall–Kier alpha value is -2.62. The van der Waals surface area contributed by atoms with Crippen LogP contribution in [0.2, 0.25) is 0 Å². The van der Waals surface area contributed by atoms with Gasteiger partial charge in [-0.25, -0.2) is 0 Å². The second kappa shape index (κ2) is 8.81. The maximum absolute atomic E-state index is 13.3. The van der Waals surface area contributed by atoms with Crippen LogP contribution in [0, 0.1) is 5.92 Å². The van der Waals surface area contributed by atoms with Crippen molar-refractivity contribution in [3.8, 4) is 5.75 Å². The average molecular weight is 412 g/mol. The molecule has 1 N–H and O–H groups in total. The first-order valence-corrected chi connectivity index (χ1v) is 9.29. The first-order chi connectivity index (χ1) is 13.8. The number of hydrogen-bond donors (Lipinski definition) is 1. The van der Waals surface area contributed by atoms with Gasteiger partial charge in [-0.3, -0.25) is 4.79 Å². The second-order valence-corrected chi connectivity index (χ2v) is 7.07. The van der Waals surface area contributed by atoms with Crippen molar-refractivity contribution in [1.29, 1.82) is 0 Å². The van der Waals surface area contributed by atoms with E-state index in [9.17, 15) is 18.0 Å². The third-order valence-corrected chi connectivity index (χ3v) is 5.18. The summed E-state index contributed by atoms with van der Waals surface area (Å²) in [5, 5.41) is 16.4. The number of amidine groups is 1. The molecule has 1 unspecified atom stereocenters. The number of carbonyl (C=O) groups is 1. The van der Waals surface area contributed by atoms with Gasteiger partial charge in [-0.1, -0.05) is 12.1 Å². The standard InChI is InChI=1S/C19H23F3N4O3/c1-25(18-16(19(20,21)22)6-8-23-24-18)14-7-9-26(10-14)17(28)12-29-15-4-2-13(11-27)3-5-15/h2-5,8,14,16,27H,6-7,9-12H2,1H3/t14?,16-/m0/s1. The van der Waals surface area contributed by atoms with Gasteiger partial charge in [0, 0.05) is 38.8 Å². The van der Waals surface area contributed by atoms with Crippen LogP contribution in [0.3, 0.4) is 0 Å². The summed E-state index contributed by atoms with van der Waals surface area (Å²) in [7, 11) is 1.57. The topological polar surface area (TPSA) is 77.7 Å². The molecule has 0 saturated carbocycles. The molecule has 1 saturated heterocycles. The first-order valence-electron chi connectivity index (χ1n) is 9.29. The fourth-order valence-corrected chi connectivity index (χ4v) is 3.42. The summed E-state index contributed by atoms with van der Waals surface area (Å²) in [4.78, 5) is 15.5. The molecule has 0 spiro atoms. The van der Waals surface area contributed by atoms with Gasteiger partial charge in [-0.05, 0) is 24.1 Å². The monoisotopic (exact) mass is 412 g/mol. The van der Waals surface area contributed by atoms with Crippen molar-refractivity contribution in [2.24, 2.45) is 16.1 Å². The van der Waals surface area contributed by atoms with Crippen LogP contribution in [0.1, 0.15) is 18.4 Å². The van der Waals surface area contributed by atoms with E-state index < -0.39 is 12.1 Å². The van der Waals surface area contributed by atoms with E-state index in [0.29, 0.717) is 25.3 Å². The average Bonchev–Trinajstić information content (AvgIpc) is 3.21. The molecule has 1 aromatic rings. The Morgan fingerprint density at radius 1 is 1.34 bits per heavy atom. The zero-order valence-electron chi connectivity index (χ0n) is 16.0. The molecule has 1 amide bonds. The second-order valence-electron chi connectivity index (χ2n) is 7.07. The highest BCUT2D eigenvalue weighted by molar-refractivity contribution is 5.89. The van der Waals surface area contributed by atoms with Crippen molar-refractivity contribution >= 4 is 18.0 Å². The molecule has 2 aliphatic rings. The molecule has 3 rings (SSSR count). The van der Waals surface area contributed by atoms with E-state index in [0.717, 1.165) is 5.56 Å². The van der Waals surface area contributed by atoms with Crippen LogP contribution in [0.5, 0.6) is 5.75 Å². The number of aliphatic hydroxyl groups is 1. The lowest BCUT2D eigenvalue weighted by atomic mass is 10.0. The van der Waals surface area contributed by atoms with E-state index >= 15 is 0 Å². The Kier molecular flexibility index (Phi) is 6.41. The maximum Gasteiger partial charge on any atom is 0.399 e. The SMILES string of the molecule is CN(C1=NN=CC[C@@H]1C(F)(F)F)C1CCN(C(=O)COc2ccc(CO)cc2)C1. The summed E-state index contributed by atoms with van der Waals surface area (Å²) in [5.74, 6) is -1.52. The van der Waals surface area contributed by atoms with Crippen molar-refractivity contribution in [2.75, 3.05) is 26.7 Å². The highest BCUT2D eigenvalue weighted by atomic mass is 19.4. The van der Waals surface area contributed by atoms with Crippen molar-refractivity contribution in [3.63, 3.8) is 0 Å². The lowest BCUT2D eigenvalue weighted by Crippen LogP contribution is -2.47. The van der Waals surface area contributed by atoms with Gasteiger partial charge in [0.1, 0.15) is 17.5 Å². The molecule has 2 aliphatic heterocycles. The molecule has 1 fully saturated rings. The summed E-state index contributed by atoms with van der Waals surface area (Å²) >= 11 is 0. The molecule has 158 valence electrons. The van der Waals surface area contributed by atoms with Crippen LogP contribution in [-0.2, 0) is 11.4 Å². The molecule has 1 aromatic carbocycles. The minimum atomic E-state index is -4.40. The number of hydrogen-bond acceptors (Lipinski definition) is 6. The van der Waals surface area contributed by atoms with Crippen LogP contribution < -0.4 is 4.74 Å². The van der Waals surface area contributed by atoms with E-state index in [2.05, 4.69) is 10.2 Å². The Labute approximate surface area is 166 Å². The van der Waals surface area contributed by atoms with Crippen LogP contribution >= 0.6 is 0 Å². The Morgan fingerprint density at radius 2 is 2.07 bits per heavy atom. The normalized spacial score (nSPS) is 21.8. The summed E-state index contributed by atoms with van der Waals surface area (Å²) in [6.45, 7) is 0.502. The molecule has 7 nitrogen and oxygen atoms in total. The lowest BCUT2D eigenvalue weighted by molar-refractivity contribution is -0.155. The zero-order valence-corrected chi connectivity index (χ0v) is 16.0. The van der Waals surface area contributed by atoms with Crippen LogP contribution in [0.25, 0.3) is 0 Å². The molecule has 0 aliphatic carbocycles. The van der Waals surface area contributed by atoms with E-state index in [-0.39, 0.29) is 37.4 Å². The Bertz CT molecular complexity index is 780. The molecular weight excluding hydrogens is 389 g/mol. The number of ether oxygens (including phenoxy) is 1. The molecule has 2 heterocycles. The molecule has 10 heteroatoms. The molecular formula is C19H23F3N4O3. The number of carbonyl (C=O) groups excluding carboxylic acids is 1. The first kappa shape index (κ1) is 21.1. The summed E-state index contributed by atoms with van der Waals surface area (Å²) < 4.78 is 45.3. The predicted molar refractivity (Wildman–Crippen MR) is 101 cm³/mol.